The fraction of sp³-hybridized carbons (Fsp3) is 0.348. The average molecular weight is 422 g/mol. The summed E-state index contributed by atoms with van der Waals surface area (Å²) in [7, 11) is 0. The van der Waals surface area contributed by atoms with Gasteiger partial charge in [0.15, 0.2) is 0 Å². The third kappa shape index (κ3) is 4.60. The second-order valence-electron chi connectivity index (χ2n) is 7.59. The fourth-order valence-electron chi connectivity index (χ4n) is 3.94. The Morgan fingerprint density at radius 3 is 2.58 bits per heavy atom. The molecule has 0 aliphatic carbocycles. The third-order valence-corrected chi connectivity index (χ3v) is 5.61. The monoisotopic (exact) mass is 422 g/mol. The maximum Gasteiger partial charge on any atom is 0.316 e. The zero-order valence-corrected chi connectivity index (χ0v) is 17.5. The van der Waals surface area contributed by atoms with Gasteiger partial charge in [0.1, 0.15) is 0 Å². The molecule has 1 aliphatic heterocycles. The summed E-state index contributed by atoms with van der Waals surface area (Å²) in [4.78, 5) is 42.0. The van der Waals surface area contributed by atoms with Crippen LogP contribution in [0, 0.1) is 0 Å². The highest BCUT2D eigenvalue weighted by Gasteiger charge is 2.21. The van der Waals surface area contributed by atoms with E-state index in [1.807, 2.05) is 30.3 Å². The number of nitrogens with zero attached hydrogens (tertiary/aromatic N) is 2. The Balaban J connectivity index is 1.62. The molecule has 0 bridgehead atoms. The van der Waals surface area contributed by atoms with Gasteiger partial charge in [-0.25, -0.2) is 0 Å². The first kappa shape index (κ1) is 21.0. The number of benzene rings is 2. The van der Waals surface area contributed by atoms with Crippen molar-refractivity contribution in [3.8, 4) is 0 Å². The van der Waals surface area contributed by atoms with E-state index in [0.717, 1.165) is 18.7 Å². The Bertz CT molecular complexity index is 1180. The lowest BCUT2D eigenvalue weighted by atomic mass is 10.0. The van der Waals surface area contributed by atoms with E-state index in [1.54, 1.807) is 25.1 Å². The molecule has 162 valence electrons. The van der Waals surface area contributed by atoms with E-state index in [2.05, 4.69) is 15.2 Å². The second kappa shape index (κ2) is 9.28. The van der Waals surface area contributed by atoms with Gasteiger partial charge in [0.25, 0.3) is 5.91 Å². The van der Waals surface area contributed by atoms with Crippen molar-refractivity contribution in [2.45, 2.75) is 19.5 Å². The van der Waals surface area contributed by atoms with Crippen molar-refractivity contribution in [2.24, 2.45) is 0 Å². The van der Waals surface area contributed by atoms with Gasteiger partial charge in [-0.05, 0) is 30.7 Å². The zero-order chi connectivity index (χ0) is 21.8. The normalized spacial score (nSPS) is 15.6. The van der Waals surface area contributed by atoms with Crippen LogP contribution in [0.2, 0.25) is 0 Å². The molecule has 1 amide bonds. The number of aromatic amines is 1. The molecular weight excluding hydrogens is 396 g/mol. The third-order valence-electron chi connectivity index (χ3n) is 5.61. The summed E-state index contributed by atoms with van der Waals surface area (Å²) >= 11 is 0. The first-order chi connectivity index (χ1) is 15.1. The lowest BCUT2D eigenvalue weighted by Gasteiger charge is -2.31. The minimum Gasteiger partial charge on any atom is -0.379 e. The van der Waals surface area contributed by atoms with Gasteiger partial charge in [-0.2, -0.15) is 0 Å². The number of carbonyl (C=O) groups excluding carboxylic acids is 1. The number of ether oxygens (including phenoxy) is 1. The number of hydrogen-bond donors (Lipinski definition) is 2. The molecule has 31 heavy (non-hydrogen) atoms. The summed E-state index contributed by atoms with van der Waals surface area (Å²) in [6.45, 7) is 5.88. The van der Waals surface area contributed by atoms with Crippen molar-refractivity contribution in [3.05, 3.63) is 80.4 Å². The largest absolute Gasteiger partial charge is 0.379 e. The van der Waals surface area contributed by atoms with Gasteiger partial charge in [-0.3, -0.25) is 19.3 Å². The average Bonchev–Trinajstić information content (AvgIpc) is 2.80. The number of aryl methyl sites for hydroxylation is 1. The minimum atomic E-state index is -0.693. The van der Waals surface area contributed by atoms with Crippen LogP contribution in [0.3, 0.4) is 0 Å². The Morgan fingerprint density at radius 1 is 1.13 bits per heavy atom. The van der Waals surface area contributed by atoms with Crippen LogP contribution < -0.4 is 16.4 Å². The standard InChI is InChI=1S/C23H26N4O4/c1-2-27-20-9-8-17(14-18(20)24-22(29)23(27)30)21(28)25-19(16-6-4-3-5-7-16)15-26-10-12-31-13-11-26/h3-9,14,19H,2,10-13,15H2,1H3,(H,24,29)(H,25,28). The number of aromatic nitrogens is 2. The fourth-order valence-corrected chi connectivity index (χ4v) is 3.94. The molecule has 1 fully saturated rings. The summed E-state index contributed by atoms with van der Waals surface area (Å²) in [6, 6.07) is 14.7. The number of amides is 1. The van der Waals surface area contributed by atoms with Crippen LogP contribution in [0.4, 0.5) is 0 Å². The highest BCUT2D eigenvalue weighted by Crippen LogP contribution is 2.18. The SMILES string of the molecule is CCn1c(=O)c(=O)[nH]c2cc(C(=O)NC(CN3CCOCC3)c3ccccc3)ccc21. The molecule has 1 aliphatic rings. The molecule has 2 N–H and O–H groups in total. The van der Waals surface area contributed by atoms with E-state index in [0.29, 0.717) is 42.9 Å². The van der Waals surface area contributed by atoms with E-state index in [1.165, 1.54) is 4.57 Å². The van der Waals surface area contributed by atoms with Gasteiger partial charge in [0, 0.05) is 31.7 Å². The lowest BCUT2D eigenvalue weighted by molar-refractivity contribution is 0.0332. The van der Waals surface area contributed by atoms with Gasteiger partial charge >= 0.3 is 11.1 Å². The van der Waals surface area contributed by atoms with Crippen molar-refractivity contribution in [1.29, 1.82) is 0 Å². The summed E-state index contributed by atoms with van der Waals surface area (Å²) in [6.07, 6.45) is 0. The number of hydrogen-bond acceptors (Lipinski definition) is 5. The van der Waals surface area contributed by atoms with Gasteiger partial charge in [-0.1, -0.05) is 30.3 Å². The molecule has 1 saturated heterocycles. The number of carbonyl (C=O) groups is 1. The van der Waals surface area contributed by atoms with Crippen molar-refractivity contribution in [2.75, 3.05) is 32.8 Å². The molecule has 0 radical (unpaired) electrons. The predicted molar refractivity (Wildman–Crippen MR) is 118 cm³/mol. The smallest absolute Gasteiger partial charge is 0.316 e. The quantitative estimate of drug-likeness (QED) is 0.587. The molecule has 3 aromatic rings. The van der Waals surface area contributed by atoms with Crippen molar-refractivity contribution < 1.29 is 9.53 Å². The maximum absolute atomic E-state index is 13.1. The van der Waals surface area contributed by atoms with Gasteiger partial charge in [-0.15, -0.1) is 0 Å². The molecule has 1 unspecified atom stereocenters. The lowest BCUT2D eigenvalue weighted by Crippen LogP contribution is -2.43. The predicted octanol–water partition coefficient (Wildman–Crippen LogP) is 1.51. The van der Waals surface area contributed by atoms with Crippen LogP contribution in [-0.2, 0) is 11.3 Å². The van der Waals surface area contributed by atoms with Crippen molar-refractivity contribution in [3.63, 3.8) is 0 Å². The topological polar surface area (TPSA) is 96.4 Å². The molecule has 0 saturated carbocycles. The summed E-state index contributed by atoms with van der Waals surface area (Å²) in [5, 5.41) is 3.13. The van der Waals surface area contributed by atoms with Crippen LogP contribution in [0.1, 0.15) is 28.9 Å². The summed E-state index contributed by atoms with van der Waals surface area (Å²) in [5.41, 5.74) is 1.21. The van der Waals surface area contributed by atoms with E-state index >= 15 is 0 Å². The molecule has 1 atom stereocenters. The molecule has 8 heteroatoms. The second-order valence-corrected chi connectivity index (χ2v) is 7.59. The highest BCUT2D eigenvalue weighted by atomic mass is 16.5. The van der Waals surface area contributed by atoms with E-state index < -0.39 is 11.1 Å². The van der Waals surface area contributed by atoms with Crippen LogP contribution in [0.25, 0.3) is 11.0 Å². The molecule has 0 spiro atoms. The van der Waals surface area contributed by atoms with Gasteiger partial charge in [0.05, 0.1) is 30.3 Å². The number of fused-ring (bicyclic) bond motifs is 1. The zero-order valence-electron chi connectivity index (χ0n) is 17.5. The molecule has 8 nitrogen and oxygen atoms in total. The van der Waals surface area contributed by atoms with Crippen LogP contribution in [0.15, 0.2) is 58.1 Å². The number of H-pyrrole nitrogens is 1. The van der Waals surface area contributed by atoms with Gasteiger partial charge in [0.2, 0.25) is 0 Å². The van der Waals surface area contributed by atoms with Crippen LogP contribution in [-0.4, -0.2) is 53.2 Å². The first-order valence-corrected chi connectivity index (χ1v) is 10.5. The van der Waals surface area contributed by atoms with E-state index in [-0.39, 0.29) is 11.9 Å². The maximum atomic E-state index is 13.1. The molecule has 2 heterocycles. The van der Waals surface area contributed by atoms with E-state index in [4.69, 9.17) is 4.74 Å². The van der Waals surface area contributed by atoms with Crippen molar-refractivity contribution >= 4 is 16.9 Å². The molecule has 2 aromatic carbocycles. The summed E-state index contributed by atoms with van der Waals surface area (Å²) in [5.74, 6) is -0.237. The number of nitrogens with one attached hydrogen (secondary N) is 2. The summed E-state index contributed by atoms with van der Waals surface area (Å²) < 4.78 is 6.84. The Labute approximate surface area is 179 Å². The van der Waals surface area contributed by atoms with Crippen LogP contribution in [0.5, 0.6) is 0 Å². The number of rotatable bonds is 6. The van der Waals surface area contributed by atoms with Gasteiger partial charge < -0.3 is 19.6 Å². The van der Waals surface area contributed by atoms with Crippen LogP contribution >= 0.6 is 0 Å². The Kier molecular flexibility index (Phi) is 6.29. The Morgan fingerprint density at radius 2 is 1.87 bits per heavy atom. The number of morpholine rings is 1. The first-order valence-electron chi connectivity index (χ1n) is 10.5. The molecular formula is C23H26N4O4. The highest BCUT2D eigenvalue weighted by molar-refractivity contribution is 5.97. The minimum absolute atomic E-state index is 0.189. The van der Waals surface area contributed by atoms with Crippen molar-refractivity contribution in [1.82, 2.24) is 19.8 Å². The van der Waals surface area contributed by atoms with E-state index in [9.17, 15) is 14.4 Å². The molecule has 1 aromatic heterocycles. The Hall–Kier alpha value is -3.23. The molecule has 4 rings (SSSR count).